The van der Waals surface area contributed by atoms with Crippen molar-refractivity contribution >= 4 is 30.1 Å². The number of hydrogen-bond donors (Lipinski definition) is 0. The maximum atomic E-state index is 9.43. The highest BCUT2D eigenvalue weighted by molar-refractivity contribution is 7.44. The number of methoxy groups -OCH3 is 2. The van der Waals surface area contributed by atoms with Gasteiger partial charge in [0.25, 0.3) is 8.53 Å². The van der Waals surface area contributed by atoms with Crippen molar-refractivity contribution in [2.75, 3.05) is 27.4 Å². The third-order valence-electron chi connectivity index (χ3n) is 9.88. The molecule has 2 atom stereocenters. The van der Waals surface area contributed by atoms with Gasteiger partial charge in [0.05, 0.1) is 46.0 Å². The molecule has 0 amide bonds. The van der Waals surface area contributed by atoms with E-state index in [1.165, 1.54) is 0 Å². The smallest absolute Gasteiger partial charge is 0.259 e. The molecule has 57 heavy (non-hydrogen) atoms. The van der Waals surface area contributed by atoms with Crippen LogP contribution in [0.15, 0.2) is 133 Å². The first-order chi connectivity index (χ1) is 27.8. The number of benzene rings is 6. The third kappa shape index (κ3) is 9.66. The number of nitriles is 1. The number of hydrogen-bond acceptors (Lipinski definition) is 7. The Morgan fingerprint density at radius 1 is 0.667 bits per heavy atom. The molecule has 0 fully saturated rings. The first-order valence-electron chi connectivity index (χ1n) is 19.4. The molecule has 0 aliphatic heterocycles. The van der Waals surface area contributed by atoms with Crippen LogP contribution in [0.3, 0.4) is 0 Å². The second-order valence-corrected chi connectivity index (χ2v) is 15.7. The van der Waals surface area contributed by atoms with Crippen molar-refractivity contribution in [1.29, 1.82) is 5.26 Å². The molecule has 0 aromatic heterocycles. The maximum Gasteiger partial charge on any atom is 0.259 e. The lowest BCUT2D eigenvalue weighted by molar-refractivity contribution is -0.0328. The molecular weight excluding hydrogens is 728 g/mol. The third-order valence-corrected chi connectivity index (χ3v) is 12.1. The molecule has 2 unspecified atom stereocenters. The predicted octanol–water partition coefficient (Wildman–Crippen LogP) is 11.4. The second-order valence-electron chi connectivity index (χ2n) is 14.3. The van der Waals surface area contributed by atoms with Crippen LogP contribution in [0.5, 0.6) is 11.5 Å². The fourth-order valence-corrected chi connectivity index (χ4v) is 8.94. The normalized spacial score (nSPS) is 12.7. The maximum absolute atomic E-state index is 9.43. The first kappa shape index (κ1) is 41.4. The van der Waals surface area contributed by atoms with Crippen LogP contribution in [0.25, 0.3) is 21.5 Å². The largest absolute Gasteiger partial charge is 0.497 e. The monoisotopic (exact) mass is 778 g/mol. The molecule has 8 heteroatoms. The highest BCUT2D eigenvalue weighted by Gasteiger charge is 2.39. The second kappa shape index (κ2) is 19.8. The summed E-state index contributed by atoms with van der Waals surface area (Å²) in [6, 6.07) is 47.7. The molecule has 0 aliphatic rings. The van der Waals surface area contributed by atoms with Gasteiger partial charge in [0, 0.05) is 24.1 Å². The molecule has 0 saturated carbocycles. The van der Waals surface area contributed by atoms with E-state index < -0.39 is 20.2 Å². The molecule has 6 aromatic rings. The molecule has 292 valence electrons. The van der Waals surface area contributed by atoms with Gasteiger partial charge in [-0.2, -0.15) is 5.26 Å². The summed E-state index contributed by atoms with van der Waals surface area (Å²) in [5, 5.41) is 13.9. The fourth-order valence-electron chi connectivity index (χ4n) is 7.24. The minimum Gasteiger partial charge on any atom is -0.497 e. The molecule has 0 spiro atoms. The van der Waals surface area contributed by atoms with E-state index >= 15 is 0 Å². The molecule has 7 nitrogen and oxygen atoms in total. The number of rotatable bonds is 17. The molecule has 6 aromatic carbocycles. The zero-order valence-corrected chi connectivity index (χ0v) is 34.5. The molecule has 0 heterocycles. The summed E-state index contributed by atoms with van der Waals surface area (Å²) >= 11 is 0. The molecule has 0 saturated heterocycles. The highest BCUT2D eigenvalue weighted by atomic mass is 31.2. The average molecular weight is 779 g/mol. The van der Waals surface area contributed by atoms with Gasteiger partial charge in [-0.15, -0.1) is 0 Å². The predicted molar refractivity (Wildman–Crippen MR) is 231 cm³/mol. The van der Waals surface area contributed by atoms with Crippen LogP contribution in [0.2, 0.25) is 0 Å². The van der Waals surface area contributed by atoms with Gasteiger partial charge in [-0.1, -0.05) is 115 Å². The van der Waals surface area contributed by atoms with Gasteiger partial charge >= 0.3 is 0 Å². The van der Waals surface area contributed by atoms with E-state index in [0.29, 0.717) is 6.42 Å². The summed E-state index contributed by atoms with van der Waals surface area (Å²) in [7, 11) is 1.73. The molecular formula is C49H51N2O5P. The SMILES string of the molecule is COc1ccc(C(OCC(CC#Cc2c3ccccc3cc3ccccc23)OP(OCCC#N)N(C(C)C)C(C)C)(c2ccccc2)c2ccc(OC)cc2)cc1. The summed E-state index contributed by atoms with van der Waals surface area (Å²) in [6.45, 7) is 8.97. The molecule has 0 bridgehead atoms. The van der Waals surface area contributed by atoms with Crippen LogP contribution in [0.1, 0.15) is 62.8 Å². The summed E-state index contributed by atoms with van der Waals surface area (Å²) in [4.78, 5) is 0. The van der Waals surface area contributed by atoms with E-state index in [1.54, 1.807) is 14.2 Å². The van der Waals surface area contributed by atoms with Crippen molar-refractivity contribution in [2.24, 2.45) is 0 Å². The van der Waals surface area contributed by atoms with Crippen LogP contribution in [-0.4, -0.2) is 50.3 Å². The molecule has 0 radical (unpaired) electrons. The van der Waals surface area contributed by atoms with Crippen molar-refractivity contribution in [2.45, 2.75) is 64.3 Å². The van der Waals surface area contributed by atoms with Gasteiger partial charge < -0.3 is 23.3 Å². The van der Waals surface area contributed by atoms with E-state index in [-0.39, 0.29) is 31.7 Å². The van der Waals surface area contributed by atoms with E-state index in [0.717, 1.165) is 55.3 Å². The van der Waals surface area contributed by atoms with Crippen molar-refractivity contribution in [3.8, 4) is 29.4 Å². The highest BCUT2D eigenvalue weighted by Crippen LogP contribution is 2.48. The Bertz CT molecular complexity index is 2200. The van der Waals surface area contributed by atoms with Crippen molar-refractivity contribution < 1.29 is 23.3 Å². The summed E-state index contributed by atoms with van der Waals surface area (Å²) in [5.41, 5.74) is 2.72. The Kier molecular flexibility index (Phi) is 14.3. The van der Waals surface area contributed by atoms with E-state index in [4.69, 9.17) is 23.3 Å². The van der Waals surface area contributed by atoms with E-state index in [9.17, 15) is 5.26 Å². The van der Waals surface area contributed by atoms with Gasteiger partial charge in [0.2, 0.25) is 0 Å². The van der Waals surface area contributed by atoms with Gasteiger partial charge in [-0.3, -0.25) is 0 Å². The topological polar surface area (TPSA) is 73.2 Å². The van der Waals surface area contributed by atoms with E-state index in [1.807, 2.05) is 42.5 Å². The lowest BCUT2D eigenvalue weighted by Gasteiger charge is -2.39. The van der Waals surface area contributed by atoms with Crippen LogP contribution in [0.4, 0.5) is 0 Å². The Balaban J connectivity index is 1.47. The number of nitrogens with zero attached hydrogens (tertiary/aromatic N) is 2. The zero-order chi connectivity index (χ0) is 40.2. The average Bonchev–Trinajstić information content (AvgIpc) is 3.24. The summed E-state index contributed by atoms with van der Waals surface area (Å²) < 4.78 is 34.3. The molecule has 0 aliphatic carbocycles. The lowest BCUT2D eigenvalue weighted by Crippen LogP contribution is -2.38. The van der Waals surface area contributed by atoms with Crippen LogP contribution in [0, 0.1) is 23.2 Å². The number of ether oxygens (including phenoxy) is 3. The Labute approximate surface area is 339 Å². The summed E-state index contributed by atoms with van der Waals surface area (Å²) in [5.74, 6) is 8.60. The quantitative estimate of drug-likeness (QED) is 0.0300. The Morgan fingerprint density at radius 3 is 1.68 bits per heavy atom. The standard InChI is InChI=1S/C49H51N2O5P/c1-36(2)51(37(3)4)57(55-33-15-32-50)56-45(20-14-23-48-46-21-12-10-16-38(46)34-39-17-11-13-22-47(39)48)35-54-49(40-18-8-7-9-19-40,41-24-28-43(52-5)29-25-41)42-26-30-44(53-6)31-27-42/h7-13,16-19,21-22,24-31,34,36-37,45H,15,20,33,35H2,1-6H3. The summed E-state index contributed by atoms with van der Waals surface area (Å²) in [6.07, 6.45) is 0.0949. The Hall–Kier alpha value is -5.24. The van der Waals surface area contributed by atoms with Crippen LogP contribution in [-0.2, 0) is 19.4 Å². The van der Waals surface area contributed by atoms with Gasteiger partial charge in [-0.05, 0) is 96.3 Å². The number of fused-ring (bicyclic) bond motifs is 2. The fraction of sp³-hybridized carbons (Fsp3) is 0.286. The van der Waals surface area contributed by atoms with E-state index in [2.05, 4.69) is 141 Å². The lowest BCUT2D eigenvalue weighted by atomic mass is 9.80. The van der Waals surface area contributed by atoms with Crippen molar-refractivity contribution in [1.82, 2.24) is 4.67 Å². The Morgan fingerprint density at radius 2 is 1.18 bits per heavy atom. The van der Waals surface area contributed by atoms with Gasteiger partial charge in [-0.25, -0.2) is 4.67 Å². The molecule has 0 N–H and O–H groups in total. The molecule has 6 rings (SSSR count). The first-order valence-corrected chi connectivity index (χ1v) is 20.5. The van der Waals surface area contributed by atoms with Gasteiger partial charge in [0.15, 0.2) is 0 Å². The van der Waals surface area contributed by atoms with Gasteiger partial charge in [0.1, 0.15) is 17.1 Å². The van der Waals surface area contributed by atoms with Crippen LogP contribution >= 0.6 is 8.53 Å². The minimum absolute atomic E-state index is 0.120. The van der Waals surface area contributed by atoms with Crippen LogP contribution < -0.4 is 9.47 Å². The van der Waals surface area contributed by atoms with Crippen molar-refractivity contribution in [3.63, 3.8) is 0 Å². The minimum atomic E-state index is -1.60. The zero-order valence-electron chi connectivity index (χ0n) is 33.6. The van der Waals surface area contributed by atoms with Crippen molar-refractivity contribution in [3.05, 3.63) is 156 Å².